The number of aromatic amines is 1. The minimum atomic E-state index is -1.64. The van der Waals surface area contributed by atoms with Gasteiger partial charge in [0.25, 0.3) is 0 Å². The van der Waals surface area contributed by atoms with Crippen LogP contribution in [0.4, 0.5) is 0 Å². The van der Waals surface area contributed by atoms with Crippen LogP contribution >= 0.6 is 0 Å². The van der Waals surface area contributed by atoms with E-state index in [-0.39, 0.29) is 19.4 Å². The number of unbranched alkanes of at least 4 members (excludes halogenated alkanes) is 1. The van der Waals surface area contributed by atoms with Crippen molar-refractivity contribution in [2.24, 2.45) is 17.2 Å². The summed E-state index contributed by atoms with van der Waals surface area (Å²) in [4.78, 5) is 78.4. The number of carbonyl (C=O) groups is 6. The first kappa shape index (κ1) is 30.0. The molecule has 4 atom stereocenters. The predicted octanol–water partition coefficient (Wildman–Crippen LogP) is -3.70. The highest BCUT2D eigenvalue weighted by molar-refractivity contribution is 5.96. The zero-order chi connectivity index (χ0) is 27.3. The lowest BCUT2D eigenvalue weighted by molar-refractivity contribution is -0.144. The molecule has 1 aromatic rings. The summed E-state index contributed by atoms with van der Waals surface area (Å²) in [5, 5.41) is 25.1. The first-order valence-corrected chi connectivity index (χ1v) is 11.0. The van der Waals surface area contributed by atoms with Crippen molar-refractivity contribution < 1.29 is 39.0 Å². The van der Waals surface area contributed by atoms with Crippen LogP contribution in [0.25, 0.3) is 0 Å². The minimum Gasteiger partial charge on any atom is -0.481 e. The predicted molar refractivity (Wildman–Crippen MR) is 123 cm³/mol. The SMILES string of the molecule is NCCCCC(NC(=O)C(CC(=O)O)NC(=O)C(N)Cc1cnc[nH]1)C(=O)NC(CC(N)=O)C(=O)O. The van der Waals surface area contributed by atoms with E-state index < -0.39 is 72.6 Å². The van der Waals surface area contributed by atoms with E-state index in [1.165, 1.54) is 12.5 Å². The molecule has 0 aliphatic carbocycles. The maximum absolute atomic E-state index is 12.9. The monoisotopic (exact) mass is 512 g/mol. The summed E-state index contributed by atoms with van der Waals surface area (Å²) >= 11 is 0. The summed E-state index contributed by atoms with van der Waals surface area (Å²) in [6.45, 7) is 0.285. The second-order valence-electron chi connectivity index (χ2n) is 7.96. The van der Waals surface area contributed by atoms with Gasteiger partial charge in [0, 0.05) is 18.3 Å². The smallest absolute Gasteiger partial charge is 0.326 e. The molecule has 0 saturated heterocycles. The fraction of sp³-hybridized carbons (Fsp3) is 0.550. The van der Waals surface area contributed by atoms with E-state index in [1.54, 1.807) is 0 Å². The van der Waals surface area contributed by atoms with E-state index in [1.807, 2.05) is 0 Å². The topological polar surface area (TPSA) is 286 Å². The normalized spacial score (nSPS) is 14.1. The number of nitrogens with one attached hydrogen (secondary N) is 4. The molecule has 0 radical (unpaired) electrons. The number of aliphatic carboxylic acids is 2. The Bertz CT molecular complexity index is 923. The molecule has 0 saturated carbocycles. The van der Waals surface area contributed by atoms with Crippen molar-refractivity contribution >= 4 is 35.6 Å². The van der Waals surface area contributed by atoms with Crippen molar-refractivity contribution in [1.82, 2.24) is 25.9 Å². The third-order valence-corrected chi connectivity index (χ3v) is 4.94. The Morgan fingerprint density at radius 2 is 1.53 bits per heavy atom. The van der Waals surface area contributed by atoms with Crippen molar-refractivity contribution in [3.05, 3.63) is 18.2 Å². The molecular weight excluding hydrogens is 480 g/mol. The van der Waals surface area contributed by atoms with Crippen LogP contribution in [0.15, 0.2) is 12.5 Å². The quantitative estimate of drug-likeness (QED) is 0.0915. The maximum Gasteiger partial charge on any atom is 0.326 e. The van der Waals surface area contributed by atoms with Crippen LogP contribution in [0.1, 0.15) is 37.8 Å². The summed E-state index contributed by atoms with van der Waals surface area (Å²) < 4.78 is 0. The van der Waals surface area contributed by atoms with Gasteiger partial charge >= 0.3 is 11.9 Å². The van der Waals surface area contributed by atoms with E-state index in [2.05, 4.69) is 25.9 Å². The van der Waals surface area contributed by atoms with Crippen LogP contribution in [0.5, 0.6) is 0 Å². The van der Waals surface area contributed by atoms with E-state index >= 15 is 0 Å². The summed E-state index contributed by atoms with van der Waals surface area (Å²) in [5.41, 5.74) is 16.8. The molecule has 36 heavy (non-hydrogen) atoms. The fourth-order valence-corrected chi connectivity index (χ4v) is 3.10. The number of primary amides is 1. The molecule has 12 N–H and O–H groups in total. The van der Waals surface area contributed by atoms with Crippen molar-refractivity contribution in [3.8, 4) is 0 Å². The van der Waals surface area contributed by atoms with Crippen LogP contribution in [0, 0.1) is 0 Å². The number of rotatable bonds is 17. The molecule has 4 unspecified atom stereocenters. The maximum atomic E-state index is 12.9. The van der Waals surface area contributed by atoms with Gasteiger partial charge in [0.15, 0.2) is 0 Å². The number of aromatic nitrogens is 2. The molecule has 16 nitrogen and oxygen atoms in total. The van der Waals surface area contributed by atoms with Gasteiger partial charge in [-0.1, -0.05) is 0 Å². The Kier molecular flexibility index (Phi) is 12.5. The highest BCUT2D eigenvalue weighted by Gasteiger charge is 2.31. The van der Waals surface area contributed by atoms with Crippen molar-refractivity contribution in [1.29, 1.82) is 0 Å². The number of H-pyrrole nitrogens is 1. The highest BCUT2D eigenvalue weighted by atomic mass is 16.4. The largest absolute Gasteiger partial charge is 0.481 e. The van der Waals surface area contributed by atoms with E-state index in [0.717, 1.165) is 0 Å². The van der Waals surface area contributed by atoms with Crippen molar-refractivity contribution in [2.75, 3.05) is 6.54 Å². The van der Waals surface area contributed by atoms with Gasteiger partial charge in [-0.25, -0.2) is 9.78 Å². The Balaban J connectivity index is 2.96. The van der Waals surface area contributed by atoms with Gasteiger partial charge in [0.1, 0.15) is 18.1 Å². The Morgan fingerprint density at radius 1 is 0.917 bits per heavy atom. The van der Waals surface area contributed by atoms with E-state index in [0.29, 0.717) is 18.5 Å². The van der Waals surface area contributed by atoms with Crippen LogP contribution in [-0.4, -0.2) is 86.5 Å². The van der Waals surface area contributed by atoms with Crippen molar-refractivity contribution in [3.63, 3.8) is 0 Å². The molecule has 0 spiro atoms. The van der Waals surface area contributed by atoms with Gasteiger partial charge < -0.3 is 48.3 Å². The molecule has 0 aromatic carbocycles. The molecule has 0 bridgehead atoms. The number of carboxylic acid groups (broad SMARTS) is 2. The lowest BCUT2D eigenvalue weighted by Crippen LogP contribution is -2.57. The number of amides is 4. The molecule has 200 valence electrons. The summed E-state index contributed by atoms with van der Waals surface area (Å²) in [7, 11) is 0. The van der Waals surface area contributed by atoms with Crippen LogP contribution in [-0.2, 0) is 35.2 Å². The van der Waals surface area contributed by atoms with Crippen LogP contribution in [0.2, 0.25) is 0 Å². The Labute approximate surface area is 205 Å². The number of nitrogens with zero attached hydrogens (tertiary/aromatic N) is 1. The molecule has 0 fully saturated rings. The van der Waals surface area contributed by atoms with Gasteiger partial charge in [-0.2, -0.15) is 0 Å². The van der Waals surface area contributed by atoms with Gasteiger partial charge in [0.2, 0.25) is 23.6 Å². The zero-order valence-electron chi connectivity index (χ0n) is 19.4. The molecule has 1 rings (SSSR count). The third kappa shape index (κ3) is 10.9. The molecular formula is C20H32N8O8. The Hall–Kier alpha value is -4.05. The average molecular weight is 513 g/mol. The van der Waals surface area contributed by atoms with E-state index in [9.17, 15) is 39.0 Å². The number of hydrogen-bond acceptors (Lipinski definition) is 9. The number of carboxylic acids is 2. The van der Waals surface area contributed by atoms with Gasteiger partial charge in [0.05, 0.1) is 25.2 Å². The third-order valence-electron chi connectivity index (χ3n) is 4.94. The van der Waals surface area contributed by atoms with Gasteiger partial charge in [-0.15, -0.1) is 0 Å². The van der Waals surface area contributed by atoms with Crippen molar-refractivity contribution in [2.45, 2.75) is 62.7 Å². The molecule has 1 aromatic heterocycles. The highest BCUT2D eigenvalue weighted by Crippen LogP contribution is 2.05. The fourth-order valence-electron chi connectivity index (χ4n) is 3.10. The number of nitrogens with two attached hydrogens (primary N) is 3. The lowest BCUT2D eigenvalue weighted by atomic mass is 10.1. The van der Waals surface area contributed by atoms with Crippen LogP contribution in [0.3, 0.4) is 0 Å². The van der Waals surface area contributed by atoms with Gasteiger partial charge in [-0.05, 0) is 25.8 Å². The first-order valence-electron chi connectivity index (χ1n) is 11.0. The molecule has 1 heterocycles. The average Bonchev–Trinajstić information content (AvgIpc) is 3.29. The first-order chi connectivity index (χ1) is 16.9. The summed E-state index contributed by atoms with van der Waals surface area (Å²) in [5.74, 6) is -6.66. The Morgan fingerprint density at radius 3 is 2.06 bits per heavy atom. The number of imidazole rings is 1. The van der Waals surface area contributed by atoms with Gasteiger partial charge in [-0.3, -0.25) is 24.0 Å². The standard InChI is InChI=1S/C20H32N8O8/c21-4-2-1-3-12(18(33)28-14(20(35)36)6-15(23)29)26-19(34)13(7-16(30)31)27-17(32)11(22)5-10-8-24-9-25-10/h8-9,11-14H,1-7,21-22H2,(H2,23,29)(H,24,25)(H,26,34)(H,27,32)(H,28,33)(H,30,31)(H,35,36). The molecule has 0 aliphatic rings. The lowest BCUT2D eigenvalue weighted by Gasteiger charge is -2.24. The number of carbonyl (C=O) groups excluding carboxylic acids is 4. The number of hydrogen-bond donors (Lipinski definition) is 9. The zero-order valence-corrected chi connectivity index (χ0v) is 19.4. The second-order valence-corrected chi connectivity index (χ2v) is 7.96. The molecule has 16 heteroatoms. The summed E-state index contributed by atoms with van der Waals surface area (Å²) in [6, 6.07) is -5.68. The van der Waals surface area contributed by atoms with Crippen LogP contribution < -0.4 is 33.2 Å². The minimum absolute atomic E-state index is 0.0186. The molecule has 0 aliphatic heterocycles. The summed E-state index contributed by atoms with van der Waals surface area (Å²) in [6.07, 6.45) is 2.21. The van der Waals surface area contributed by atoms with E-state index in [4.69, 9.17) is 17.2 Å². The molecule has 4 amide bonds. The second kappa shape index (κ2) is 15.0.